The Hall–Kier alpha value is -2.49. The van der Waals surface area contributed by atoms with Gasteiger partial charge in [0.1, 0.15) is 5.76 Å². The molecule has 0 aliphatic heterocycles. The van der Waals surface area contributed by atoms with E-state index in [4.69, 9.17) is 27.9 Å². The summed E-state index contributed by atoms with van der Waals surface area (Å²) in [5, 5.41) is 10.8. The molecule has 0 heterocycles. The molecular formula is C28H28Cl2O3. The molecule has 0 saturated heterocycles. The Labute approximate surface area is 205 Å². The van der Waals surface area contributed by atoms with Crippen LogP contribution in [0.2, 0.25) is 10.0 Å². The Morgan fingerprint density at radius 3 is 2.61 bits per heavy atom. The molecule has 2 aliphatic rings. The predicted molar refractivity (Wildman–Crippen MR) is 136 cm³/mol. The zero-order valence-corrected chi connectivity index (χ0v) is 20.4. The van der Waals surface area contributed by atoms with E-state index in [1.165, 1.54) is 11.1 Å². The van der Waals surface area contributed by atoms with Crippen molar-refractivity contribution in [1.29, 1.82) is 0 Å². The summed E-state index contributed by atoms with van der Waals surface area (Å²) >= 11 is 12.8. The summed E-state index contributed by atoms with van der Waals surface area (Å²) in [5.41, 5.74) is 5.90. The first-order chi connectivity index (χ1) is 15.9. The van der Waals surface area contributed by atoms with E-state index >= 15 is 0 Å². The number of allylic oxidation sites excluding steroid dienone is 5. The lowest BCUT2D eigenvalue weighted by molar-refractivity contribution is 0.0696. The first-order valence-electron chi connectivity index (χ1n) is 11.5. The van der Waals surface area contributed by atoms with Gasteiger partial charge in [-0.1, -0.05) is 48.3 Å². The fraction of sp³-hybridized carbons (Fsp3) is 0.321. The molecule has 5 heteroatoms. The van der Waals surface area contributed by atoms with Crippen molar-refractivity contribution in [2.24, 2.45) is 5.92 Å². The molecule has 0 saturated carbocycles. The Balaban J connectivity index is 1.83. The summed E-state index contributed by atoms with van der Waals surface area (Å²) in [6.45, 7) is 4.19. The number of halogens is 2. The van der Waals surface area contributed by atoms with Gasteiger partial charge in [-0.15, -0.1) is 0 Å². The Bertz CT molecular complexity index is 1160. The standard InChI is InChI=1S/C28H28Cl2O3/c1-3-17(2)33-22-11-7-18(8-12-22)27-23-13-9-20(28(31)32)15-19(23)5-4-6-25(27)24-14-10-21(29)16-26(24)30/h7,9-18H,3-6,8H2,1-2H3,(H,31,32). The lowest BCUT2D eigenvalue weighted by Gasteiger charge is -2.25. The van der Waals surface area contributed by atoms with Crippen LogP contribution in [0.1, 0.15) is 66.6 Å². The molecule has 0 radical (unpaired) electrons. The van der Waals surface area contributed by atoms with E-state index in [-0.39, 0.29) is 12.0 Å². The minimum Gasteiger partial charge on any atom is -0.491 e. The fourth-order valence-electron chi connectivity index (χ4n) is 4.60. The summed E-state index contributed by atoms with van der Waals surface area (Å²) in [5.74, 6) is 0.145. The second-order valence-electron chi connectivity index (χ2n) is 8.69. The molecule has 2 unspecified atom stereocenters. The monoisotopic (exact) mass is 482 g/mol. The molecule has 0 fully saturated rings. The van der Waals surface area contributed by atoms with Crippen molar-refractivity contribution in [2.75, 3.05) is 0 Å². The largest absolute Gasteiger partial charge is 0.491 e. The number of carboxylic acids is 1. The van der Waals surface area contributed by atoms with Gasteiger partial charge in [0.15, 0.2) is 0 Å². The van der Waals surface area contributed by atoms with Crippen LogP contribution in [-0.4, -0.2) is 17.2 Å². The van der Waals surface area contributed by atoms with E-state index in [1.807, 2.05) is 24.3 Å². The van der Waals surface area contributed by atoms with Crippen LogP contribution in [0.15, 0.2) is 60.4 Å². The van der Waals surface area contributed by atoms with E-state index in [1.54, 1.807) is 12.1 Å². The predicted octanol–water partition coefficient (Wildman–Crippen LogP) is 8.21. The highest BCUT2D eigenvalue weighted by Crippen LogP contribution is 2.44. The van der Waals surface area contributed by atoms with Crippen LogP contribution >= 0.6 is 23.2 Å². The molecule has 2 atom stereocenters. The lowest BCUT2D eigenvalue weighted by atomic mass is 9.81. The third-order valence-corrected chi connectivity index (χ3v) is 6.99. The topological polar surface area (TPSA) is 46.5 Å². The number of benzene rings is 2. The minimum absolute atomic E-state index is 0.142. The van der Waals surface area contributed by atoms with Crippen molar-refractivity contribution in [3.05, 3.63) is 92.7 Å². The van der Waals surface area contributed by atoms with Crippen LogP contribution in [0.3, 0.4) is 0 Å². The molecule has 3 nitrogen and oxygen atoms in total. The molecule has 0 spiro atoms. The highest BCUT2D eigenvalue weighted by atomic mass is 35.5. The first-order valence-corrected chi connectivity index (χ1v) is 12.2. The van der Waals surface area contributed by atoms with Gasteiger partial charge in [-0.05, 0) is 103 Å². The number of carbonyl (C=O) groups is 1. The molecule has 2 aromatic carbocycles. The third-order valence-electron chi connectivity index (χ3n) is 6.45. The number of carboxylic acid groups (broad SMARTS) is 1. The van der Waals surface area contributed by atoms with Gasteiger partial charge < -0.3 is 9.84 Å². The van der Waals surface area contributed by atoms with Gasteiger partial charge in [0, 0.05) is 16.0 Å². The third kappa shape index (κ3) is 5.20. The number of aryl methyl sites for hydroxylation is 1. The highest BCUT2D eigenvalue weighted by Gasteiger charge is 2.26. The number of ether oxygens (including phenoxy) is 1. The maximum Gasteiger partial charge on any atom is 0.335 e. The Kier molecular flexibility index (Phi) is 7.31. The Morgan fingerprint density at radius 1 is 1.15 bits per heavy atom. The van der Waals surface area contributed by atoms with E-state index in [9.17, 15) is 9.90 Å². The van der Waals surface area contributed by atoms with E-state index in [2.05, 4.69) is 32.1 Å². The van der Waals surface area contributed by atoms with E-state index < -0.39 is 5.97 Å². The Morgan fingerprint density at radius 2 is 1.94 bits per heavy atom. The zero-order valence-electron chi connectivity index (χ0n) is 18.9. The molecule has 0 bridgehead atoms. The van der Waals surface area contributed by atoms with E-state index in [0.717, 1.165) is 54.6 Å². The fourth-order valence-corrected chi connectivity index (χ4v) is 5.13. The number of hydrogen-bond donors (Lipinski definition) is 1. The van der Waals surface area contributed by atoms with Crippen LogP contribution in [0.4, 0.5) is 0 Å². The quantitative estimate of drug-likeness (QED) is 0.450. The van der Waals surface area contributed by atoms with Gasteiger partial charge in [0.2, 0.25) is 0 Å². The van der Waals surface area contributed by atoms with Gasteiger partial charge in [0.25, 0.3) is 0 Å². The average molecular weight is 483 g/mol. The highest BCUT2D eigenvalue weighted by molar-refractivity contribution is 6.36. The molecule has 1 N–H and O–H groups in total. The first kappa shape index (κ1) is 23.7. The van der Waals surface area contributed by atoms with Crippen LogP contribution in [0.5, 0.6) is 0 Å². The molecular weight excluding hydrogens is 455 g/mol. The smallest absolute Gasteiger partial charge is 0.335 e. The molecule has 2 aliphatic carbocycles. The van der Waals surface area contributed by atoms with Gasteiger partial charge >= 0.3 is 5.97 Å². The minimum atomic E-state index is -0.902. The molecule has 0 aromatic heterocycles. The van der Waals surface area contributed by atoms with Gasteiger partial charge in [-0.2, -0.15) is 0 Å². The van der Waals surface area contributed by atoms with Gasteiger partial charge in [0.05, 0.1) is 11.7 Å². The van der Waals surface area contributed by atoms with Crippen LogP contribution < -0.4 is 0 Å². The normalized spacial score (nSPS) is 18.9. The molecule has 4 rings (SSSR count). The second-order valence-corrected chi connectivity index (χ2v) is 9.54. The lowest BCUT2D eigenvalue weighted by Crippen LogP contribution is -2.11. The van der Waals surface area contributed by atoms with Gasteiger partial charge in [-0.25, -0.2) is 4.79 Å². The summed E-state index contributed by atoms with van der Waals surface area (Å²) < 4.78 is 6.01. The summed E-state index contributed by atoms with van der Waals surface area (Å²) in [6, 6.07) is 11.2. The van der Waals surface area contributed by atoms with Crippen LogP contribution in [0, 0.1) is 5.92 Å². The van der Waals surface area contributed by atoms with E-state index in [0.29, 0.717) is 15.6 Å². The van der Waals surface area contributed by atoms with Crippen molar-refractivity contribution in [2.45, 2.75) is 52.1 Å². The number of fused-ring (bicyclic) bond motifs is 1. The second kappa shape index (κ2) is 10.2. The SMILES string of the molecule is CCC(C)OC1=CCC(C2=C(c3ccc(Cl)cc3Cl)CCCc3cc(C(=O)O)ccc32)C=C1. The zero-order chi connectivity index (χ0) is 23.5. The molecule has 0 amide bonds. The number of hydrogen-bond acceptors (Lipinski definition) is 2. The summed E-state index contributed by atoms with van der Waals surface area (Å²) in [4.78, 5) is 11.6. The van der Waals surface area contributed by atoms with Crippen molar-refractivity contribution in [3.63, 3.8) is 0 Å². The summed E-state index contributed by atoms with van der Waals surface area (Å²) in [6.07, 6.45) is 11.0. The molecule has 2 aromatic rings. The van der Waals surface area contributed by atoms with Crippen molar-refractivity contribution in [1.82, 2.24) is 0 Å². The van der Waals surface area contributed by atoms with Crippen molar-refractivity contribution in [3.8, 4) is 0 Å². The maximum atomic E-state index is 11.6. The van der Waals surface area contributed by atoms with Crippen molar-refractivity contribution < 1.29 is 14.6 Å². The molecule has 33 heavy (non-hydrogen) atoms. The molecule has 172 valence electrons. The van der Waals surface area contributed by atoms with Crippen LogP contribution in [0.25, 0.3) is 11.1 Å². The van der Waals surface area contributed by atoms with Gasteiger partial charge in [-0.3, -0.25) is 0 Å². The van der Waals surface area contributed by atoms with Crippen molar-refractivity contribution >= 4 is 40.3 Å². The number of rotatable bonds is 6. The van der Waals surface area contributed by atoms with Crippen LogP contribution in [-0.2, 0) is 11.2 Å². The summed E-state index contributed by atoms with van der Waals surface area (Å²) in [7, 11) is 0. The maximum absolute atomic E-state index is 11.6. The number of aromatic carboxylic acids is 1. The average Bonchev–Trinajstić information content (AvgIpc) is 2.98.